The van der Waals surface area contributed by atoms with E-state index in [1.54, 1.807) is 29.2 Å². The molecule has 0 atom stereocenters. The number of nitrogens with one attached hydrogen (secondary N) is 1. The third kappa shape index (κ3) is 5.86. The molecule has 1 N–H and O–H groups in total. The Hall–Kier alpha value is -2.51. The first kappa shape index (κ1) is 17.5. The van der Waals surface area contributed by atoms with Crippen molar-refractivity contribution in [1.82, 2.24) is 10.2 Å². The van der Waals surface area contributed by atoms with E-state index >= 15 is 0 Å². The van der Waals surface area contributed by atoms with Gasteiger partial charge in [0.05, 0.1) is 0 Å². The van der Waals surface area contributed by atoms with Gasteiger partial charge in [0.15, 0.2) is 0 Å². The SMILES string of the molecule is C=CCN(/C=C(/C#N)C(=O)NCc1ccc(Cl)cc1)CC=C. The van der Waals surface area contributed by atoms with Gasteiger partial charge in [-0.05, 0) is 17.7 Å². The van der Waals surface area contributed by atoms with Crippen molar-refractivity contribution < 1.29 is 4.79 Å². The average Bonchev–Trinajstić information content (AvgIpc) is 2.52. The van der Waals surface area contributed by atoms with Crippen LogP contribution in [0.4, 0.5) is 0 Å². The zero-order valence-electron chi connectivity index (χ0n) is 12.3. The highest BCUT2D eigenvalue weighted by Crippen LogP contribution is 2.09. The van der Waals surface area contributed by atoms with Gasteiger partial charge in [0.25, 0.3) is 5.91 Å². The minimum atomic E-state index is -0.421. The van der Waals surface area contributed by atoms with E-state index in [0.717, 1.165) is 5.56 Å². The van der Waals surface area contributed by atoms with Crippen molar-refractivity contribution >= 4 is 17.5 Å². The minimum Gasteiger partial charge on any atom is -0.369 e. The Morgan fingerprint density at radius 3 is 2.36 bits per heavy atom. The predicted octanol–water partition coefficient (Wildman–Crippen LogP) is 3.04. The van der Waals surface area contributed by atoms with Crippen molar-refractivity contribution in [3.8, 4) is 6.07 Å². The summed E-state index contributed by atoms with van der Waals surface area (Å²) in [6, 6.07) is 9.05. The Kier molecular flexibility index (Phi) is 7.52. The molecule has 0 bridgehead atoms. The van der Waals surface area contributed by atoms with Gasteiger partial charge in [-0.1, -0.05) is 35.9 Å². The van der Waals surface area contributed by atoms with E-state index in [9.17, 15) is 4.79 Å². The molecule has 0 saturated heterocycles. The summed E-state index contributed by atoms with van der Waals surface area (Å²) in [7, 11) is 0. The Labute approximate surface area is 136 Å². The first-order chi connectivity index (χ1) is 10.6. The molecule has 1 aromatic carbocycles. The van der Waals surface area contributed by atoms with Crippen molar-refractivity contribution in [1.29, 1.82) is 5.26 Å². The molecule has 1 aromatic rings. The fraction of sp³-hybridized carbons (Fsp3) is 0.176. The normalized spacial score (nSPS) is 10.5. The molecular formula is C17H18ClN3O. The number of benzene rings is 1. The van der Waals surface area contributed by atoms with E-state index in [-0.39, 0.29) is 5.57 Å². The van der Waals surface area contributed by atoms with Crippen LogP contribution in [0.2, 0.25) is 5.02 Å². The van der Waals surface area contributed by atoms with Crippen LogP contribution in [-0.2, 0) is 11.3 Å². The molecule has 5 heteroatoms. The number of carbonyl (C=O) groups is 1. The van der Waals surface area contributed by atoms with Gasteiger partial charge in [-0.3, -0.25) is 4.79 Å². The van der Waals surface area contributed by atoms with Gasteiger partial charge in [-0.25, -0.2) is 0 Å². The van der Waals surface area contributed by atoms with Crippen molar-refractivity contribution in [3.05, 3.63) is 71.9 Å². The standard InChI is InChI=1S/C17H18ClN3O/c1-3-9-21(10-4-2)13-15(11-19)17(22)20-12-14-5-7-16(18)8-6-14/h3-8,13H,1-2,9-10,12H2,(H,20,22)/b15-13-. The molecule has 1 rings (SSSR count). The van der Waals surface area contributed by atoms with Crippen LogP contribution in [0.3, 0.4) is 0 Å². The highest BCUT2D eigenvalue weighted by Gasteiger charge is 2.10. The van der Waals surface area contributed by atoms with E-state index in [2.05, 4.69) is 18.5 Å². The van der Waals surface area contributed by atoms with Crippen LogP contribution < -0.4 is 5.32 Å². The number of carbonyl (C=O) groups excluding carboxylic acids is 1. The third-order valence-electron chi connectivity index (χ3n) is 2.77. The van der Waals surface area contributed by atoms with E-state index in [4.69, 9.17) is 16.9 Å². The highest BCUT2D eigenvalue weighted by atomic mass is 35.5. The molecule has 1 amide bonds. The topological polar surface area (TPSA) is 56.1 Å². The fourth-order valence-corrected chi connectivity index (χ4v) is 1.84. The summed E-state index contributed by atoms with van der Waals surface area (Å²) in [4.78, 5) is 13.8. The zero-order chi connectivity index (χ0) is 16.4. The maximum atomic E-state index is 12.1. The Balaban J connectivity index is 2.70. The molecule has 0 aliphatic carbocycles. The van der Waals surface area contributed by atoms with Gasteiger partial charge in [0.2, 0.25) is 0 Å². The molecule has 0 fully saturated rings. The minimum absolute atomic E-state index is 0.0395. The van der Waals surface area contributed by atoms with Crippen LogP contribution in [0.1, 0.15) is 5.56 Å². The molecule has 0 spiro atoms. The van der Waals surface area contributed by atoms with Crippen molar-refractivity contribution in [2.45, 2.75) is 6.54 Å². The van der Waals surface area contributed by atoms with Crippen molar-refractivity contribution in [2.24, 2.45) is 0 Å². The second-order valence-electron chi connectivity index (χ2n) is 4.49. The summed E-state index contributed by atoms with van der Waals surface area (Å²) in [5.41, 5.74) is 0.946. The number of hydrogen-bond acceptors (Lipinski definition) is 3. The summed E-state index contributed by atoms with van der Waals surface area (Å²) < 4.78 is 0. The van der Waals surface area contributed by atoms with Gasteiger partial charge < -0.3 is 10.2 Å². The van der Waals surface area contributed by atoms with E-state index in [1.807, 2.05) is 18.2 Å². The Morgan fingerprint density at radius 1 is 1.27 bits per heavy atom. The summed E-state index contributed by atoms with van der Waals surface area (Å²) in [6.45, 7) is 8.68. The van der Waals surface area contributed by atoms with Crippen LogP contribution in [0.15, 0.2) is 61.3 Å². The maximum Gasteiger partial charge on any atom is 0.263 e. The number of nitriles is 1. The smallest absolute Gasteiger partial charge is 0.263 e. The molecule has 0 aliphatic rings. The molecule has 114 valence electrons. The zero-order valence-corrected chi connectivity index (χ0v) is 13.0. The van der Waals surface area contributed by atoms with E-state index in [0.29, 0.717) is 24.7 Å². The summed E-state index contributed by atoms with van der Waals surface area (Å²) in [5.74, 6) is -0.421. The number of amides is 1. The van der Waals surface area contributed by atoms with E-state index < -0.39 is 5.91 Å². The largest absolute Gasteiger partial charge is 0.369 e. The number of halogens is 1. The first-order valence-electron chi connectivity index (χ1n) is 6.71. The van der Waals surface area contributed by atoms with Gasteiger partial charge in [-0.2, -0.15) is 5.26 Å². The molecule has 4 nitrogen and oxygen atoms in total. The van der Waals surface area contributed by atoms with Crippen molar-refractivity contribution in [3.63, 3.8) is 0 Å². The molecule has 0 aliphatic heterocycles. The van der Waals surface area contributed by atoms with Gasteiger partial charge >= 0.3 is 0 Å². The lowest BCUT2D eigenvalue weighted by Crippen LogP contribution is -2.26. The van der Waals surface area contributed by atoms with E-state index in [1.165, 1.54) is 6.20 Å². The van der Waals surface area contributed by atoms with Gasteiger partial charge in [-0.15, -0.1) is 13.2 Å². The predicted molar refractivity (Wildman–Crippen MR) is 89.0 cm³/mol. The summed E-state index contributed by atoms with van der Waals surface area (Å²) in [6.07, 6.45) is 4.90. The number of hydrogen-bond donors (Lipinski definition) is 1. The van der Waals surface area contributed by atoms with Crippen LogP contribution in [0.5, 0.6) is 0 Å². The van der Waals surface area contributed by atoms with Gasteiger partial charge in [0, 0.05) is 30.9 Å². The van der Waals surface area contributed by atoms with Gasteiger partial charge in [0.1, 0.15) is 11.6 Å². The Bertz CT molecular complexity index is 589. The number of rotatable bonds is 8. The molecule has 0 unspecified atom stereocenters. The molecule has 0 heterocycles. The lowest BCUT2D eigenvalue weighted by atomic mass is 10.2. The average molecular weight is 316 g/mol. The molecule has 0 radical (unpaired) electrons. The maximum absolute atomic E-state index is 12.1. The molecule has 22 heavy (non-hydrogen) atoms. The lowest BCUT2D eigenvalue weighted by molar-refractivity contribution is -0.117. The molecular weight excluding hydrogens is 298 g/mol. The second-order valence-corrected chi connectivity index (χ2v) is 4.93. The summed E-state index contributed by atoms with van der Waals surface area (Å²) in [5, 5.41) is 12.5. The van der Waals surface area contributed by atoms with Crippen LogP contribution in [0.25, 0.3) is 0 Å². The number of nitrogens with zero attached hydrogens (tertiary/aromatic N) is 2. The Morgan fingerprint density at radius 2 is 1.86 bits per heavy atom. The fourth-order valence-electron chi connectivity index (χ4n) is 1.71. The van der Waals surface area contributed by atoms with Crippen molar-refractivity contribution in [2.75, 3.05) is 13.1 Å². The second kappa shape index (κ2) is 9.43. The monoisotopic (exact) mass is 315 g/mol. The quantitative estimate of drug-likeness (QED) is 0.456. The first-order valence-corrected chi connectivity index (χ1v) is 7.09. The lowest BCUT2D eigenvalue weighted by Gasteiger charge is -2.16. The molecule has 0 saturated carbocycles. The summed E-state index contributed by atoms with van der Waals surface area (Å²) >= 11 is 5.80. The van der Waals surface area contributed by atoms with Crippen LogP contribution in [-0.4, -0.2) is 23.9 Å². The highest BCUT2D eigenvalue weighted by molar-refractivity contribution is 6.30. The third-order valence-corrected chi connectivity index (χ3v) is 3.02. The molecule has 0 aromatic heterocycles. The van der Waals surface area contributed by atoms with Crippen LogP contribution >= 0.6 is 11.6 Å². The van der Waals surface area contributed by atoms with Crippen LogP contribution in [0, 0.1) is 11.3 Å².